The van der Waals surface area contributed by atoms with Crippen LogP contribution in [0.5, 0.6) is 5.75 Å². The fourth-order valence-corrected chi connectivity index (χ4v) is 3.27. The molecule has 3 rings (SSSR count). The van der Waals surface area contributed by atoms with E-state index in [4.69, 9.17) is 4.74 Å². The summed E-state index contributed by atoms with van der Waals surface area (Å²) in [7, 11) is 0. The monoisotopic (exact) mass is 359 g/mol. The molecule has 3 heteroatoms. The van der Waals surface area contributed by atoms with Gasteiger partial charge in [-0.05, 0) is 41.7 Å². The van der Waals surface area contributed by atoms with Crippen LogP contribution in [-0.2, 0) is 17.6 Å². The minimum Gasteiger partial charge on any atom is -0.489 e. The topological polar surface area (TPSA) is 29.5 Å². The van der Waals surface area contributed by atoms with Crippen LogP contribution in [0.4, 0.5) is 5.69 Å². The van der Waals surface area contributed by atoms with Gasteiger partial charge in [-0.2, -0.15) is 0 Å². The molecular formula is C24H25NO2. The van der Waals surface area contributed by atoms with Crippen LogP contribution in [0.2, 0.25) is 0 Å². The second-order valence-corrected chi connectivity index (χ2v) is 6.50. The average Bonchev–Trinajstić information content (AvgIpc) is 2.69. The van der Waals surface area contributed by atoms with Gasteiger partial charge in [0.25, 0.3) is 0 Å². The molecule has 2 aromatic rings. The van der Waals surface area contributed by atoms with Crippen LogP contribution < -0.4 is 9.64 Å². The molecule has 0 unspecified atom stereocenters. The second-order valence-electron chi connectivity index (χ2n) is 6.50. The molecule has 0 spiro atoms. The predicted octanol–water partition coefficient (Wildman–Crippen LogP) is 4.97. The number of anilines is 1. The number of aryl methyl sites for hydroxylation is 1. The smallest absolute Gasteiger partial charge is 0.227 e. The van der Waals surface area contributed by atoms with Crippen molar-refractivity contribution in [2.75, 3.05) is 18.1 Å². The van der Waals surface area contributed by atoms with Crippen molar-refractivity contribution in [2.24, 2.45) is 0 Å². The Morgan fingerprint density at radius 1 is 1.07 bits per heavy atom. The number of ether oxygens (including phenoxy) is 1. The lowest BCUT2D eigenvalue weighted by atomic mass is 9.97. The molecule has 0 bridgehead atoms. The number of allylic oxidation sites excluding steroid dienone is 1. The Hall–Kier alpha value is -3.07. The number of hydrogen-bond donors (Lipinski definition) is 0. The van der Waals surface area contributed by atoms with Crippen LogP contribution in [0.15, 0.2) is 73.9 Å². The van der Waals surface area contributed by atoms with Crippen molar-refractivity contribution in [3.63, 3.8) is 0 Å². The number of carbonyl (C=O) groups is 1. The van der Waals surface area contributed by atoms with Gasteiger partial charge in [0, 0.05) is 18.7 Å². The predicted molar refractivity (Wildman–Crippen MR) is 112 cm³/mol. The van der Waals surface area contributed by atoms with Gasteiger partial charge in [0.2, 0.25) is 5.91 Å². The van der Waals surface area contributed by atoms with E-state index in [9.17, 15) is 4.79 Å². The van der Waals surface area contributed by atoms with Crippen LogP contribution in [0.3, 0.4) is 0 Å². The van der Waals surface area contributed by atoms with E-state index in [-0.39, 0.29) is 5.91 Å². The SMILES string of the molecule is C=CCOc1cc2c(cc1CC=C)N(CC=Cc1ccccc1)C(=O)CC2. The standard InChI is InChI=1S/C24H25NO2/c1-3-9-21-17-22-20(18-23(21)27-16-4-2)13-14-24(26)25(22)15-8-12-19-10-6-5-7-11-19/h3-8,10-12,17-18H,1-2,9,13-16H2. The molecule has 138 valence electrons. The van der Waals surface area contributed by atoms with E-state index in [1.54, 1.807) is 6.08 Å². The summed E-state index contributed by atoms with van der Waals surface area (Å²) in [4.78, 5) is 14.4. The van der Waals surface area contributed by atoms with E-state index in [1.807, 2.05) is 53.5 Å². The largest absolute Gasteiger partial charge is 0.489 e. The zero-order valence-electron chi connectivity index (χ0n) is 15.6. The highest BCUT2D eigenvalue weighted by molar-refractivity contribution is 5.97. The maximum Gasteiger partial charge on any atom is 0.227 e. The molecule has 0 saturated carbocycles. The Morgan fingerprint density at radius 2 is 1.89 bits per heavy atom. The maximum atomic E-state index is 12.6. The van der Waals surface area contributed by atoms with Gasteiger partial charge < -0.3 is 9.64 Å². The molecule has 2 aromatic carbocycles. The van der Waals surface area contributed by atoms with Gasteiger partial charge >= 0.3 is 0 Å². The number of carbonyl (C=O) groups excluding carboxylic acids is 1. The van der Waals surface area contributed by atoms with E-state index in [0.29, 0.717) is 26.0 Å². The number of hydrogen-bond acceptors (Lipinski definition) is 2. The van der Waals surface area contributed by atoms with Crippen molar-refractivity contribution in [1.82, 2.24) is 0 Å². The molecule has 1 amide bonds. The number of fused-ring (bicyclic) bond motifs is 1. The van der Waals surface area contributed by atoms with Crippen molar-refractivity contribution in [2.45, 2.75) is 19.3 Å². The van der Waals surface area contributed by atoms with E-state index in [1.165, 1.54) is 0 Å². The molecule has 0 saturated heterocycles. The van der Waals surface area contributed by atoms with Gasteiger partial charge in [-0.25, -0.2) is 0 Å². The Bertz CT molecular complexity index is 852. The quantitative estimate of drug-likeness (QED) is 0.623. The van der Waals surface area contributed by atoms with Gasteiger partial charge in [-0.3, -0.25) is 4.79 Å². The van der Waals surface area contributed by atoms with Crippen molar-refractivity contribution in [3.8, 4) is 5.75 Å². The normalized spacial score (nSPS) is 13.5. The number of benzene rings is 2. The molecule has 0 fully saturated rings. The number of amides is 1. The van der Waals surface area contributed by atoms with E-state index < -0.39 is 0 Å². The summed E-state index contributed by atoms with van der Waals surface area (Å²) in [6.45, 7) is 8.57. The Morgan fingerprint density at radius 3 is 2.63 bits per heavy atom. The van der Waals surface area contributed by atoms with Crippen LogP contribution in [0, 0.1) is 0 Å². The van der Waals surface area contributed by atoms with Gasteiger partial charge in [0.1, 0.15) is 12.4 Å². The fraction of sp³-hybridized carbons (Fsp3) is 0.208. The van der Waals surface area contributed by atoms with E-state index in [2.05, 4.69) is 25.3 Å². The Labute approximate surface area is 161 Å². The van der Waals surface area contributed by atoms with Crippen LogP contribution in [-0.4, -0.2) is 19.1 Å². The minimum absolute atomic E-state index is 0.157. The summed E-state index contributed by atoms with van der Waals surface area (Å²) in [5.41, 5.74) is 4.29. The molecule has 3 nitrogen and oxygen atoms in total. The molecule has 27 heavy (non-hydrogen) atoms. The third-order valence-electron chi connectivity index (χ3n) is 4.58. The lowest BCUT2D eigenvalue weighted by Crippen LogP contribution is -2.35. The van der Waals surface area contributed by atoms with Crippen LogP contribution in [0.25, 0.3) is 6.08 Å². The van der Waals surface area contributed by atoms with Crippen molar-refractivity contribution < 1.29 is 9.53 Å². The lowest BCUT2D eigenvalue weighted by molar-refractivity contribution is -0.118. The summed E-state index contributed by atoms with van der Waals surface area (Å²) in [6, 6.07) is 14.2. The number of rotatable bonds is 8. The third kappa shape index (κ3) is 4.56. The summed E-state index contributed by atoms with van der Waals surface area (Å²) in [6.07, 6.45) is 9.64. The first-order valence-corrected chi connectivity index (χ1v) is 9.25. The highest BCUT2D eigenvalue weighted by Crippen LogP contribution is 2.34. The molecule has 0 N–H and O–H groups in total. The molecule has 0 aliphatic carbocycles. The molecule has 0 aromatic heterocycles. The second kappa shape index (κ2) is 9.04. The van der Waals surface area contributed by atoms with Gasteiger partial charge in [0.15, 0.2) is 0 Å². The van der Waals surface area contributed by atoms with Crippen molar-refractivity contribution in [3.05, 3.63) is 90.5 Å². The molecule has 1 heterocycles. The molecule has 1 aliphatic rings. The zero-order valence-corrected chi connectivity index (χ0v) is 15.6. The van der Waals surface area contributed by atoms with E-state index in [0.717, 1.165) is 34.5 Å². The highest BCUT2D eigenvalue weighted by atomic mass is 16.5. The first-order chi connectivity index (χ1) is 13.2. The van der Waals surface area contributed by atoms with Crippen molar-refractivity contribution in [1.29, 1.82) is 0 Å². The number of nitrogens with zero attached hydrogens (tertiary/aromatic N) is 1. The van der Waals surface area contributed by atoms with E-state index >= 15 is 0 Å². The summed E-state index contributed by atoms with van der Waals surface area (Å²) in [5, 5.41) is 0. The molecule has 0 atom stereocenters. The summed E-state index contributed by atoms with van der Waals surface area (Å²) in [5.74, 6) is 1.01. The van der Waals surface area contributed by atoms with Crippen molar-refractivity contribution >= 4 is 17.7 Å². The Kier molecular flexibility index (Phi) is 6.26. The zero-order chi connectivity index (χ0) is 19.1. The summed E-state index contributed by atoms with van der Waals surface area (Å²) < 4.78 is 5.82. The first kappa shape index (κ1) is 18.7. The highest BCUT2D eigenvalue weighted by Gasteiger charge is 2.25. The lowest BCUT2D eigenvalue weighted by Gasteiger charge is -2.30. The maximum absolute atomic E-state index is 12.6. The average molecular weight is 359 g/mol. The third-order valence-corrected chi connectivity index (χ3v) is 4.58. The van der Waals surface area contributed by atoms with Gasteiger partial charge in [0.05, 0.1) is 0 Å². The fourth-order valence-electron chi connectivity index (χ4n) is 3.27. The molecule has 0 radical (unpaired) electrons. The van der Waals surface area contributed by atoms with Crippen LogP contribution in [0.1, 0.15) is 23.1 Å². The van der Waals surface area contributed by atoms with Crippen LogP contribution >= 0.6 is 0 Å². The van der Waals surface area contributed by atoms with Gasteiger partial charge in [-0.1, -0.05) is 61.2 Å². The molecule has 1 aliphatic heterocycles. The summed E-state index contributed by atoms with van der Waals surface area (Å²) >= 11 is 0. The minimum atomic E-state index is 0.157. The Balaban J connectivity index is 1.87. The van der Waals surface area contributed by atoms with Gasteiger partial charge in [-0.15, -0.1) is 6.58 Å². The first-order valence-electron chi connectivity index (χ1n) is 9.25. The molecular weight excluding hydrogens is 334 g/mol.